The summed E-state index contributed by atoms with van der Waals surface area (Å²) in [6.45, 7) is 2.34. The van der Waals surface area contributed by atoms with E-state index < -0.39 is 34.7 Å². The van der Waals surface area contributed by atoms with Gasteiger partial charge in [0.25, 0.3) is 0 Å². The van der Waals surface area contributed by atoms with E-state index in [1.165, 1.54) is 34.1 Å². The normalized spacial score (nSPS) is 14.9. The molecule has 1 aliphatic rings. The number of hydrogen-bond donors (Lipinski definition) is 0. The highest BCUT2D eigenvalue weighted by molar-refractivity contribution is 7.85. The second-order valence-corrected chi connectivity index (χ2v) is 9.46. The van der Waals surface area contributed by atoms with Gasteiger partial charge in [0.15, 0.2) is 0 Å². The Kier molecular flexibility index (Phi) is 6.69. The Morgan fingerprint density at radius 3 is 2.38 bits per heavy atom. The first-order valence-corrected chi connectivity index (χ1v) is 11.8. The lowest BCUT2D eigenvalue weighted by Gasteiger charge is -2.33. The lowest BCUT2D eigenvalue weighted by Crippen LogP contribution is -2.49. The fourth-order valence-electron chi connectivity index (χ4n) is 3.48. The molecule has 2 aromatic carbocycles. The van der Waals surface area contributed by atoms with Crippen molar-refractivity contribution in [1.82, 2.24) is 15.1 Å². The molecule has 12 heteroatoms. The van der Waals surface area contributed by atoms with Crippen molar-refractivity contribution in [2.45, 2.75) is 19.6 Å². The monoisotopic (exact) mass is 496 g/mol. The molecule has 0 aliphatic carbocycles. The quantitative estimate of drug-likeness (QED) is 0.501. The van der Waals surface area contributed by atoms with Crippen molar-refractivity contribution in [3.8, 4) is 11.5 Å². The lowest BCUT2D eigenvalue weighted by molar-refractivity contribution is -0.156. The summed E-state index contributed by atoms with van der Waals surface area (Å²) >= 11 is 0. The summed E-state index contributed by atoms with van der Waals surface area (Å²) in [7, 11) is -0.982. The van der Waals surface area contributed by atoms with Crippen LogP contribution in [-0.2, 0) is 23.5 Å². The molecular formula is C22H20F4N4O3S. The highest BCUT2D eigenvalue weighted by Gasteiger charge is 2.38. The zero-order chi connectivity index (χ0) is 24.5. The van der Waals surface area contributed by atoms with E-state index in [0.29, 0.717) is 35.7 Å². The number of rotatable bonds is 4. The van der Waals surface area contributed by atoms with E-state index in [2.05, 4.69) is 14.6 Å². The predicted molar refractivity (Wildman–Crippen MR) is 117 cm³/mol. The van der Waals surface area contributed by atoms with Gasteiger partial charge in [-0.2, -0.15) is 13.2 Å². The third-order valence-electron chi connectivity index (χ3n) is 5.28. The second kappa shape index (κ2) is 9.53. The summed E-state index contributed by atoms with van der Waals surface area (Å²) in [5.41, 5.74) is 1.67. The molecule has 0 N–H and O–H groups in total. The van der Waals surface area contributed by atoms with Gasteiger partial charge in [0.2, 0.25) is 5.89 Å². The Balaban J connectivity index is 1.59. The summed E-state index contributed by atoms with van der Waals surface area (Å²) in [6.07, 6.45) is -4.74. The minimum Gasteiger partial charge on any atom is -0.413 e. The first-order valence-electron chi connectivity index (χ1n) is 10.3. The summed E-state index contributed by atoms with van der Waals surface area (Å²) < 4.78 is 69.3. The second-order valence-electron chi connectivity index (χ2n) is 7.77. The van der Waals surface area contributed by atoms with Crippen LogP contribution in [-0.4, -0.2) is 49.9 Å². The van der Waals surface area contributed by atoms with Crippen LogP contribution < -0.4 is 4.90 Å². The van der Waals surface area contributed by atoms with Gasteiger partial charge in [0, 0.05) is 41.0 Å². The molecule has 0 spiro atoms. The van der Waals surface area contributed by atoms with Crippen molar-refractivity contribution in [3.63, 3.8) is 0 Å². The molecule has 7 nitrogen and oxygen atoms in total. The maximum Gasteiger partial charge on any atom is 0.470 e. The molecule has 4 rings (SSSR count). The third kappa shape index (κ3) is 5.27. The molecule has 2 amide bonds. The fraction of sp³-hybridized carbons (Fsp3) is 0.318. The largest absolute Gasteiger partial charge is 0.470 e. The van der Waals surface area contributed by atoms with E-state index in [4.69, 9.17) is 0 Å². The maximum absolute atomic E-state index is 14.8. The number of anilines is 1. The van der Waals surface area contributed by atoms with E-state index in [1.54, 1.807) is 25.1 Å². The number of alkyl halides is 3. The Hall–Kier alpha value is -3.28. The van der Waals surface area contributed by atoms with Gasteiger partial charge >= 0.3 is 18.1 Å². The number of carbonyl (C=O) groups is 1. The van der Waals surface area contributed by atoms with Crippen LogP contribution in [0, 0.1) is 12.7 Å². The Labute approximate surface area is 194 Å². The van der Waals surface area contributed by atoms with E-state index in [0.717, 1.165) is 0 Å². The van der Waals surface area contributed by atoms with Gasteiger partial charge in [-0.3, -0.25) is 9.11 Å². The number of hydrogen-bond acceptors (Lipinski definition) is 5. The maximum atomic E-state index is 14.8. The van der Waals surface area contributed by atoms with Crippen molar-refractivity contribution >= 4 is 22.5 Å². The number of nitrogens with zero attached hydrogens (tertiary/aromatic N) is 4. The summed E-state index contributed by atoms with van der Waals surface area (Å²) in [5, 5.41) is 6.43. The molecule has 180 valence electrons. The van der Waals surface area contributed by atoms with Crippen LogP contribution in [0.5, 0.6) is 0 Å². The fourth-order valence-corrected chi connectivity index (χ4v) is 4.53. The molecule has 2 heterocycles. The number of urea groups is 1. The number of amides is 2. The minimum atomic E-state index is -4.74. The molecule has 34 heavy (non-hydrogen) atoms. The zero-order valence-electron chi connectivity index (χ0n) is 18.0. The smallest absolute Gasteiger partial charge is 0.413 e. The average molecular weight is 496 g/mol. The first kappa shape index (κ1) is 23.9. The molecule has 1 saturated heterocycles. The molecule has 3 aromatic rings. The van der Waals surface area contributed by atoms with Gasteiger partial charge in [0.1, 0.15) is 5.82 Å². The molecule has 0 radical (unpaired) electrons. The molecule has 0 saturated carbocycles. The lowest BCUT2D eigenvalue weighted by atomic mass is 10.1. The number of halogens is 4. The highest BCUT2D eigenvalue weighted by atomic mass is 32.2. The van der Waals surface area contributed by atoms with Crippen LogP contribution in [0.3, 0.4) is 0 Å². The zero-order valence-corrected chi connectivity index (χ0v) is 18.8. The Bertz CT molecular complexity index is 1200. The number of carbonyl (C=O) groups excluding carboxylic acids is 1. The molecule has 1 aliphatic heterocycles. The van der Waals surface area contributed by atoms with Gasteiger partial charge in [-0.15, -0.1) is 10.2 Å². The van der Waals surface area contributed by atoms with Crippen molar-refractivity contribution in [3.05, 3.63) is 65.3 Å². The average Bonchev–Trinajstić information content (AvgIpc) is 3.29. The van der Waals surface area contributed by atoms with Gasteiger partial charge in [-0.1, -0.05) is 18.2 Å². The van der Waals surface area contributed by atoms with Gasteiger partial charge in [-0.25, -0.2) is 9.18 Å². The van der Waals surface area contributed by atoms with E-state index in [1.807, 2.05) is 0 Å². The van der Waals surface area contributed by atoms with E-state index in [-0.39, 0.29) is 23.7 Å². The summed E-state index contributed by atoms with van der Waals surface area (Å²) in [5.74, 6) is -1.58. The highest BCUT2D eigenvalue weighted by Crippen LogP contribution is 2.31. The van der Waals surface area contributed by atoms with Crippen LogP contribution >= 0.6 is 0 Å². The molecule has 0 bridgehead atoms. The van der Waals surface area contributed by atoms with Crippen LogP contribution in [0.25, 0.3) is 11.5 Å². The SMILES string of the molecule is Cc1ccc(N(Cc2ccc(-c3nnc(C(F)(F)F)o3)cc2)C(=O)N2CCS(=O)CC2)c(F)c1. The predicted octanol–water partition coefficient (Wildman–Crippen LogP) is 4.39. The molecule has 0 unspecified atom stereocenters. The summed E-state index contributed by atoms with van der Waals surface area (Å²) in [6, 6.07) is 10.3. The van der Waals surface area contributed by atoms with Crippen LogP contribution in [0.2, 0.25) is 0 Å². The van der Waals surface area contributed by atoms with Gasteiger partial charge in [0.05, 0.1) is 12.2 Å². The Morgan fingerprint density at radius 2 is 1.79 bits per heavy atom. The van der Waals surface area contributed by atoms with Gasteiger partial charge in [-0.05, 0) is 42.3 Å². The summed E-state index contributed by atoms with van der Waals surface area (Å²) in [4.78, 5) is 16.1. The molecular weight excluding hydrogens is 476 g/mol. The van der Waals surface area contributed by atoms with Crippen molar-refractivity contribution in [1.29, 1.82) is 0 Å². The van der Waals surface area contributed by atoms with Crippen LogP contribution in [0.1, 0.15) is 17.0 Å². The third-order valence-corrected chi connectivity index (χ3v) is 6.56. The first-order chi connectivity index (χ1) is 16.1. The molecule has 1 fully saturated rings. The molecule has 1 aromatic heterocycles. The molecule has 0 atom stereocenters. The number of benzene rings is 2. The van der Waals surface area contributed by atoms with E-state index >= 15 is 0 Å². The van der Waals surface area contributed by atoms with E-state index in [9.17, 15) is 26.6 Å². The van der Waals surface area contributed by atoms with Crippen molar-refractivity contribution in [2.75, 3.05) is 29.5 Å². The topological polar surface area (TPSA) is 79.5 Å². The minimum absolute atomic E-state index is 0.0102. The van der Waals surface area contributed by atoms with Crippen LogP contribution in [0.15, 0.2) is 46.9 Å². The van der Waals surface area contributed by atoms with Crippen molar-refractivity contribution in [2.24, 2.45) is 0 Å². The number of aryl methyl sites for hydroxylation is 1. The van der Waals surface area contributed by atoms with Crippen molar-refractivity contribution < 1.29 is 31.0 Å². The van der Waals surface area contributed by atoms with Gasteiger partial charge < -0.3 is 9.32 Å². The number of aromatic nitrogens is 2. The van der Waals surface area contributed by atoms with Crippen LogP contribution in [0.4, 0.5) is 28.0 Å². The standard InChI is InChI=1S/C22H20F4N4O3S/c1-14-2-7-18(17(23)12-14)30(21(31)29-8-10-34(32)11-9-29)13-15-3-5-16(6-4-15)19-27-28-20(33-19)22(24,25)26/h2-7,12H,8-11,13H2,1H3. The Morgan fingerprint density at radius 1 is 1.12 bits per heavy atom.